The summed E-state index contributed by atoms with van der Waals surface area (Å²) in [6.07, 6.45) is 4.33. The highest BCUT2D eigenvalue weighted by Gasteiger charge is 2.31. The van der Waals surface area contributed by atoms with Gasteiger partial charge in [-0.1, -0.05) is 12.2 Å². The predicted octanol–water partition coefficient (Wildman–Crippen LogP) is 0.542. The van der Waals surface area contributed by atoms with Crippen LogP contribution in [0.15, 0.2) is 12.2 Å². The molecule has 0 bridgehead atoms. The van der Waals surface area contributed by atoms with E-state index in [0.717, 1.165) is 6.42 Å². The van der Waals surface area contributed by atoms with Crippen molar-refractivity contribution < 1.29 is 9.46 Å². The van der Waals surface area contributed by atoms with Gasteiger partial charge in [0.25, 0.3) is 0 Å². The molecule has 0 aromatic rings. The summed E-state index contributed by atoms with van der Waals surface area (Å²) in [6.45, 7) is 1.35. The van der Waals surface area contributed by atoms with E-state index in [2.05, 4.69) is 0 Å². The molecule has 0 spiro atoms. The van der Waals surface area contributed by atoms with Gasteiger partial charge in [0.2, 0.25) is 7.37 Å². The van der Waals surface area contributed by atoms with Gasteiger partial charge >= 0.3 is 0 Å². The van der Waals surface area contributed by atoms with E-state index in [1.54, 1.807) is 6.08 Å². The largest absolute Gasteiger partial charge is 0.344 e. The van der Waals surface area contributed by atoms with E-state index in [-0.39, 0.29) is 11.7 Å². The Morgan fingerprint density at radius 3 is 2.60 bits per heavy atom. The maximum atomic E-state index is 11.1. The van der Waals surface area contributed by atoms with Crippen molar-refractivity contribution in [3.05, 3.63) is 12.2 Å². The molecule has 0 saturated carbocycles. The topological polar surface area (TPSA) is 63.3 Å². The Kier molecular flexibility index (Phi) is 1.99. The third kappa shape index (κ3) is 1.48. The molecule has 1 aliphatic carbocycles. The van der Waals surface area contributed by atoms with Crippen molar-refractivity contribution in [2.45, 2.75) is 18.1 Å². The van der Waals surface area contributed by atoms with Crippen molar-refractivity contribution in [3.8, 4) is 0 Å². The van der Waals surface area contributed by atoms with Crippen LogP contribution in [0.3, 0.4) is 0 Å². The second-order valence-corrected chi connectivity index (χ2v) is 5.24. The maximum Gasteiger partial charge on any atom is 0.205 e. The number of rotatable bonds is 1. The number of hydrogen-bond donors (Lipinski definition) is 2. The van der Waals surface area contributed by atoms with E-state index in [1.165, 1.54) is 6.66 Å². The molecule has 4 heteroatoms. The van der Waals surface area contributed by atoms with Crippen LogP contribution < -0.4 is 5.73 Å². The molecule has 0 radical (unpaired) electrons. The van der Waals surface area contributed by atoms with Gasteiger partial charge in [-0.05, 0) is 6.42 Å². The van der Waals surface area contributed by atoms with E-state index < -0.39 is 7.37 Å². The SMILES string of the molecule is CP(=O)(O)C1C=CCC1N. The minimum Gasteiger partial charge on any atom is -0.344 e. The zero-order chi connectivity index (χ0) is 7.78. The third-order valence-electron chi connectivity index (χ3n) is 1.73. The molecule has 58 valence electrons. The average Bonchev–Trinajstić information content (AvgIpc) is 2.11. The fourth-order valence-electron chi connectivity index (χ4n) is 1.17. The lowest BCUT2D eigenvalue weighted by Crippen LogP contribution is -2.29. The van der Waals surface area contributed by atoms with Gasteiger partial charge in [0.05, 0.1) is 5.66 Å². The normalized spacial score (nSPS) is 37.9. The minimum absolute atomic E-state index is 0.152. The first kappa shape index (κ1) is 7.99. The van der Waals surface area contributed by atoms with Crippen LogP contribution in [-0.4, -0.2) is 23.3 Å². The standard InChI is InChI=1S/C6H12NO2P/c1-10(8,9)6-4-2-3-5(6)7/h2,4-6H,3,7H2,1H3,(H,8,9). The predicted molar refractivity (Wildman–Crippen MR) is 41.3 cm³/mol. The van der Waals surface area contributed by atoms with Gasteiger partial charge in [-0.15, -0.1) is 0 Å². The van der Waals surface area contributed by atoms with Crippen molar-refractivity contribution in [2.24, 2.45) is 5.73 Å². The molecular weight excluding hydrogens is 149 g/mol. The zero-order valence-corrected chi connectivity index (χ0v) is 6.79. The van der Waals surface area contributed by atoms with Crippen LogP contribution in [0, 0.1) is 0 Å². The second kappa shape index (κ2) is 2.50. The molecule has 0 aliphatic heterocycles. The quantitative estimate of drug-likeness (QED) is 0.436. The molecule has 3 atom stereocenters. The molecule has 1 aliphatic rings. The minimum atomic E-state index is -2.98. The third-order valence-corrected chi connectivity index (χ3v) is 3.39. The first-order chi connectivity index (χ1) is 4.52. The summed E-state index contributed by atoms with van der Waals surface area (Å²) in [6, 6.07) is -0.152. The Labute approximate surface area is 60.4 Å². The van der Waals surface area contributed by atoms with E-state index >= 15 is 0 Å². The van der Waals surface area contributed by atoms with Crippen molar-refractivity contribution in [1.82, 2.24) is 0 Å². The van der Waals surface area contributed by atoms with Gasteiger partial charge < -0.3 is 10.6 Å². The fourth-order valence-corrected chi connectivity index (χ4v) is 2.45. The summed E-state index contributed by atoms with van der Waals surface area (Å²) < 4.78 is 11.1. The highest BCUT2D eigenvalue weighted by molar-refractivity contribution is 7.58. The van der Waals surface area contributed by atoms with Crippen LogP contribution in [0.25, 0.3) is 0 Å². The molecule has 1 rings (SSSR count). The fraction of sp³-hybridized carbons (Fsp3) is 0.667. The molecule has 0 heterocycles. The molecule has 3 unspecified atom stereocenters. The highest BCUT2D eigenvalue weighted by atomic mass is 31.2. The van der Waals surface area contributed by atoms with Gasteiger partial charge in [0, 0.05) is 12.7 Å². The highest BCUT2D eigenvalue weighted by Crippen LogP contribution is 2.46. The second-order valence-electron chi connectivity index (χ2n) is 2.76. The monoisotopic (exact) mass is 161 g/mol. The number of nitrogens with two attached hydrogens (primary N) is 1. The van der Waals surface area contributed by atoms with Crippen LogP contribution >= 0.6 is 7.37 Å². The lowest BCUT2D eigenvalue weighted by atomic mass is 10.2. The van der Waals surface area contributed by atoms with E-state index in [1.807, 2.05) is 6.08 Å². The lowest BCUT2D eigenvalue weighted by Gasteiger charge is -2.17. The van der Waals surface area contributed by atoms with E-state index in [9.17, 15) is 4.57 Å². The summed E-state index contributed by atoms with van der Waals surface area (Å²) in [5.74, 6) is 0. The maximum absolute atomic E-state index is 11.1. The Bertz CT molecular complexity index is 196. The van der Waals surface area contributed by atoms with Gasteiger partial charge in [-0.3, -0.25) is 4.57 Å². The summed E-state index contributed by atoms with van der Waals surface area (Å²) in [5, 5.41) is 0. The van der Waals surface area contributed by atoms with E-state index in [0.29, 0.717) is 0 Å². The lowest BCUT2D eigenvalue weighted by molar-refractivity contribution is 0.470. The molecule has 3 nitrogen and oxygen atoms in total. The first-order valence-corrected chi connectivity index (χ1v) is 5.41. The van der Waals surface area contributed by atoms with Crippen molar-refractivity contribution in [3.63, 3.8) is 0 Å². The molecule has 3 N–H and O–H groups in total. The van der Waals surface area contributed by atoms with Gasteiger partial charge in [-0.25, -0.2) is 0 Å². The summed E-state index contributed by atoms with van der Waals surface area (Å²) in [7, 11) is -2.98. The molecule has 0 aromatic carbocycles. The smallest absolute Gasteiger partial charge is 0.205 e. The van der Waals surface area contributed by atoms with Crippen LogP contribution in [0.1, 0.15) is 6.42 Å². The Hall–Kier alpha value is -0.110. The summed E-state index contributed by atoms with van der Waals surface area (Å²) >= 11 is 0. The number of hydrogen-bond acceptors (Lipinski definition) is 2. The molecular formula is C6H12NO2P. The van der Waals surface area contributed by atoms with Crippen LogP contribution in [-0.2, 0) is 4.57 Å². The van der Waals surface area contributed by atoms with E-state index in [4.69, 9.17) is 10.6 Å². The Balaban J connectivity index is 2.74. The van der Waals surface area contributed by atoms with Crippen LogP contribution in [0.2, 0.25) is 0 Å². The van der Waals surface area contributed by atoms with Crippen molar-refractivity contribution >= 4 is 7.37 Å². The average molecular weight is 161 g/mol. The zero-order valence-electron chi connectivity index (χ0n) is 5.90. The van der Waals surface area contributed by atoms with Gasteiger partial charge in [0.1, 0.15) is 0 Å². The van der Waals surface area contributed by atoms with Crippen molar-refractivity contribution in [2.75, 3.05) is 6.66 Å². The van der Waals surface area contributed by atoms with Crippen molar-refractivity contribution in [1.29, 1.82) is 0 Å². The molecule has 10 heavy (non-hydrogen) atoms. The molecule has 0 amide bonds. The van der Waals surface area contributed by atoms with Crippen LogP contribution in [0.5, 0.6) is 0 Å². The molecule has 0 aromatic heterocycles. The Morgan fingerprint density at radius 1 is 1.80 bits per heavy atom. The summed E-state index contributed by atoms with van der Waals surface area (Å²) in [4.78, 5) is 9.11. The van der Waals surface area contributed by atoms with Crippen LogP contribution in [0.4, 0.5) is 0 Å². The Morgan fingerprint density at radius 2 is 2.40 bits per heavy atom. The first-order valence-electron chi connectivity index (χ1n) is 3.24. The van der Waals surface area contributed by atoms with Gasteiger partial charge in [0.15, 0.2) is 0 Å². The molecule has 0 saturated heterocycles. The van der Waals surface area contributed by atoms with Gasteiger partial charge in [-0.2, -0.15) is 0 Å². The summed E-state index contributed by atoms with van der Waals surface area (Å²) in [5.41, 5.74) is 5.26. The molecule has 0 fully saturated rings.